The molecule has 0 aromatic heterocycles. The predicted molar refractivity (Wildman–Crippen MR) is 57.6 cm³/mol. The Morgan fingerprint density at radius 3 is 1.92 bits per heavy atom. The molecule has 0 heteroatoms. The molecule has 2 fully saturated rings. The van der Waals surface area contributed by atoms with Crippen LogP contribution in [0.15, 0.2) is 0 Å². The highest BCUT2D eigenvalue weighted by molar-refractivity contribution is 5.13. The van der Waals surface area contributed by atoms with Crippen molar-refractivity contribution in [1.82, 2.24) is 0 Å². The van der Waals surface area contributed by atoms with E-state index in [2.05, 4.69) is 34.6 Å². The lowest BCUT2D eigenvalue weighted by molar-refractivity contribution is -0.0545. The first-order valence-electron chi connectivity index (χ1n) is 5.92. The smallest absolute Gasteiger partial charge is 0.0238 e. The summed E-state index contributed by atoms with van der Waals surface area (Å²) < 4.78 is 0. The van der Waals surface area contributed by atoms with Crippen LogP contribution in [0.5, 0.6) is 0 Å². The van der Waals surface area contributed by atoms with Crippen LogP contribution in [0.1, 0.15) is 53.9 Å². The van der Waals surface area contributed by atoms with Crippen LogP contribution in [0.4, 0.5) is 0 Å². The normalized spacial score (nSPS) is 54.9. The molecule has 0 N–H and O–H groups in total. The lowest BCUT2D eigenvalue weighted by Crippen LogP contribution is -2.47. The van der Waals surface area contributed by atoms with Gasteiger partial charge < -0.3 is 0 Å². The van der Waals surface area contributed by atoms with Gasteiger partial charge in [0.15, 0.2) is 0 Å². The molecule has 0 saturated heterocycles. The molecule has 0 amide bonds. The zero-order valence-electron chi connectivity index (χ0n) is 9.85. The molecular weight excluding hydrogens is 156 g/mol. The van der Waals surface area contributed by atoms with Crippen LogP contribution in [-0.4, -0.2) is 0 Å². The highest BCUT2D eigenvalue weighted by Gasteiger charge is 2.64. The second-order valence-corrected chi connectivity index (χ2v) is 6.33. The maximum atomic E-state index is 2.55. The zero-order valence-corrected chi connectivity index (χ0v) is 9.85. The molecule has 2 rings (SSSR count). The van der Waals surface area contributed by atoms with Crippen molar-refractivity contribution in [3.63, 3.8) is 0 Å². The quantitative estimate of drug-likeness (QED) is 0.600. The largest absolute Gasteiger partial charge is 0.0625 e. The maximum Gasteiger partial charge on any atom is -0.0238 e. The minimum Gasteiger partial charge on any atom is -0.0625 e. The molecule has 4 unspecified atom stereocenters. The molecule has 0 radical (unpaired) electrons. The number of hydrogen-bond acceptors (Lipinski definition) is 0. The first kappa shape index (κ1) is 9.55. The fraction of sp³-hybridized carbons (Fsp3) is 1.00. The lowest BCUT2D eigenvalue weighted by Gasteiger charge is -2.54. The van der Waals surface area contributed by atoms with Crippen molar-refractivity contribution in [2.75, 3.05) is 0 Å². The predicted octanol–water partition coefficient (Wildman–Crippen LogP) is 4.10. The monoisotopic (exact) mass is 180 g/mol. The third-order valence-electron chi connectivity index (χ3n) is 5.56. The minimum atomic E-state index is 0.681. The maximum absolute atomic E-state index is 2.55. The zero-order chi connectivity index (χ0) is 9.85. The summed E-state index contributed by atoms with van der Waals surface area (Å²) >= 11 is 0. The Bertz CT molecular complexity index is 218. The van der Waals surface area contributed by atoms with Gasteiger partial charge in [0, 0.05) is 0 Å². The summed E-state index contributed by atoms with van der Waals surface area (Å²) in [4.78, 5) is 0. The van der Waals surface area contributed by atoms with Gasteiger partial charge in [-0.15, -0.1) is 0 Å². The van der Waals surface area contributed by atoms with Gasteiger partial charge in [-0.05, 0) is 47.8 Å². The van der Waals surface area contributed by atoms with Gasteiger partial charge in [0.2, 0.25) is 0 Å². The van der Waals surface area contributed by atoms with Gasteiger partial charge in [-0.2, -0.15) is 0 Å². The summed E-state index contributed by atoms with van der Waals surface area (Å²) in [5.74, 6) is 2.88. The molecule has 2 aliphatic carbocycles. The second kappa shape index (κ2) is 2.52. The molecule has 2 saturated carbocycles. The Balaban J connectivity index is 2.14. The van der Waals surface area contributed by atoms with E-state index in [1.165, 1.54) is 19.3 Å². The SMILES string of the molecule is CC(C)C1CCC1(C)C1(C)CC1C. The van der Waals surface area contributed by atoms with E-state index in [9.17, 15) is 0 Å². The van der Waals surface area contributed by atoms with Crippen LogP contribution in [0.2, 0.25) is 0 Å². The Morgan fingerprint density at radius 1 is 1.15 bits per heavy atom. The fourth-order valence-corrected chi connectivity index (χ4v) is 3.90. The van der Waals surface area contributed by atoms with Gasteiger partial charge in [-0.3, -0.25) is 0 Å². The first-order chi connectivity index (χ1) is 5.92. The summed E-state index contributed by atoms with van der Waals surface area (Å²) in [6.07, 6.45) is 4.44. The molecule has 0 heterocycles. The standard InChI is InChI=1S/C13H24/c1-9(2)11-6-7-12(11,4)13(5)8-10(13)3/h9-11H,6-8H2,1-5H3. The minimum absolute atomic E-state index is 0.681. The summed E-state index contributed by atoms with van der Waals surface area (Å²) in [5.41, 5.74) is 1.38. The summed E-state index contributed by atoms with van der Waals surface area (Å²) in [6.45, 7) is 12.3. The topological polar surface area (TPSA) is 0 Å². The van der Waals surface area contributed by atoms with Crippen molar-refractivity contribution in [3.05, 3.63) is 0 Å². The second-order valence-electron chi connectivity index (χ2n) is 6.33. The lowest BCUT2D eigenvalue weighted by atomic mass is 9.50. The van der Waals surface area contributed by atoms with Gasteiger partial charge in [-0.1, -0.05) is 34.6 Å². The first-order valence-corrected chi connectivity index (χ1v) is 5.92. The van der Waals surface area contributed by atoms with E-state index in [4.69, 9.17) is 0 Å². The highest BCUT2D eigenvalue weighted by atomic mass is 14.7. The van der Waals surface area contributed by atoms with Gasteiger partial charge in [0.1, 0.15) is 0 Å². The number of hydrogen-bond donors (Lipinski definition) is 0. The third-order valence-corrected chi connectivity index (χ3v) is 5.56. The van der Waals surface area contributed by atoms with E-state index >= 15 is 0 Å². The molecule has 76 valence electrons. The van der Waals surface area contributed by atoms with E-state index in [-0.39, 0.29) is 0 Å². The van der Waals surface area contributed by atoms with Gasteiger partial charge in [0.05, 0.1) is 0 Å². The molecule has 4 atom stereocenters. The van der Waals surface area contributed by atoms with E-state index < -0.39 is 0 Å². The molecule has 0 aromatic carbocycles. The average Bonchev–Trinajstić information content (AvgIpc) is 2.56. The Hall–Kier alpha value is 0. The Labute approximate surface area is 83.1 Å². The average molecular weight is 180 g/mol. The highest BCUT2D eigenvalue weighted by Crippen LogP contribution is 2.72. The van der Waals surface area contributed by atoms with Crippen LogP contribution in [0.3, 0.4) is 0 Å². The number of rotatable bonds is 2. The summed E-state index contributed by atoms with van der Waals surface area (Å²) in [7, 11) is 0. The summed E-state index contributed by atoms with van der Waals surface area (Å²) in [6, 6.07) is 0. The third kappa shape index (κ3) is 1.04. The van der Waals surface area contributed by atoms with Gasteiger partial charge in [-0.25, -0.2) is 0 Å². The Morgan fingerprint density at radius 2 is 1.69 bits per heavy atom. The van der Waals surface area contributed by atoms with E-state index in [0.717, 1.165) is 17.8 Å². The Kier molecular flexibility index (Phi) is 1.85. The van der Waals surface area contributed by atoms with Crippen molar-refractivity contribution in [3.8, 4) is 0 Å². The van der Waals surface area contributed by atoms with Crippen LogP contribution in [0.25, 0.3) is 0 Å². The molecule has 0 spiro atoms. The van der Waals surface area contributed by atoms with Crippen molar-refractivity contribution in [2.45, 2.75) is 53.9 Å². The van der Waals surface area contributed by atoms with Crippen molar-refractivity contribution in [1.29, 1.82) is 0 Å². The molecule has 0 nitrogen and oxygen atoms in total. The molecule has 0 aliphatic heterocycles. The van der Waals surface area contributed by atoms with Crippen LogP contribution < -0.4 is 0 Å². The molecule has 13 heavy (non-hydrogen) atoms. The van der Waals surface area contributed by atoms with E-state index in [1.54, 1.807) is 0 Å². The van der Waals surface area contributed by atoms with E-state index in [0.29, 0.717) is 10.8 Å². The van der Waals surface area contributed by atoms with Crippen LogP contribution in [-0.2, 0) is 0 Å². The van der Waals surface area contributed by atoms with Crippen molar-refractivity contribution < 1.29 is 0 Å². The van der Waals surface area contributed by atoms with E-state index in [1.807, 2.05) is 0 Å². The van der Waals surface area contributed by atoms with Crippen molar-refractivity contribution >= 4 is 0 Å². The fourth-order valence-electron chi connectivity index (χ4n) is 3.90. The molecule has 0 aromatic rings. The summed E-state index contributed by atoms with van der Waals surface area (Å²) in [5, 5.41) is 0. The van der Waals surface area contributed by atoms with Gasteiger partial charge in [0.25, 0.3) is 0 Å². The molecular formula is C13H24. The van der Waals surface area contributed by atoms with Crippen LogP contribution in [0, 0.1) is 28.6 Å². The molecule has 2 aliphatic rings. The van der Waals surface area contributed by atoms with Crippen LogP contribution >= 0.6 is 0 Å². The van der Waals surface area contributed by atoms with Crippen molar-refractivity contribution in [2.24, 2.45) is 28.6 Å². The van der Waals surface area contributed by atoms with Gasteiger partial charge >= 0.3 is 0 Å². The molecule has 0 bridgehead atoms.